The number of benzene rings is 2. The van der Waals surface area contributed by atoms with Gasteiger partial charge in [-0.15, -0.1) is 0 Å². The monoisotopic (exact) mass is 386 g/mol. The van der Waals surface area contributed by atoms with Crippen molar-refractivity contribution in [2.75, 3.05) is 37.6 Å². The van der Waals surface area contributed by atoms with Gasteiger partial charge in [-0.05, 0) is 36.4 Å². The van der Waals surface area contributed by atoms with Crippen molar-refractivity contribution < 1.29 is 28.6 Å². The predicted molar refractivity (Wildman–Crippen MR) is 103 cm³/mol. The molecule has 2 aromatic carbocycles. The molecule has 2 aromatic rings. The lowest BCUT2D eigenvalue weighted by Gasteiger charge is -2.10. The molecule has 2 amide bonds. The van der Waals surface area contributed by atoms with Crippen molar-refractivity contribution in [3.63, 3.8) is 0 Å². The average molecular weight is 386 g/mol. The third-order valence-corrected chi connectivity index (χ3v) is 3.43. The van der Waals surface area contributed by atoms with Gasteiger partial charge >= 0.3 is 5.97 Å². The molecular formula is C20H22N2O6. The van der Waals surface area contributed by atoms with E-state index in [-0.39, 0.29) is 24.2 Å². The number of nitrogens with one attached hydrogen (secondary N) is 2. The Labute approximate surface area is 162 Å². The SMILES string of the molecule is COCCOCC(=O)Nc1cccc(NC(=O)c2cccc(OC(C)=O)c2)c1. The van der Waals surface area contributed by atoms with Crippen LogP contribution in [0.1, 0.15) is 17.3 Å². The fourth-order valence-corrected chi connectivity index (χ4v) is 2.25. The molecule has 0 bridgehead atoms. The van der Waals surface area contributed by atoms with Gasteiger partial charge in [0.2, 0.25) is 5.91 Å². The number of ether oxygens (including phenoxy) is 3. The summed E-state index contributed by atoms with van der Waals surface area (Å²) in [6.07, 6.45) is 0. The van der Waals surface area contributed by atoms with E-state index in [9.17, 15) is 14.4 Å². The van der Waals surface area contributed by atoms with Crippen LogP contribution in [0, 0.1) is 0 Å². The third kappa shape index (κ3) is 7.18. The number of amides is 2. The molecule has 0 aliphatic rings. The quantitative estimate of drug-likeness (QED) is 0.390. The summed E-state index contributed by atoms with van der Waals surface area (Å²) in [6.45, 7) is 1.93. The molecule has 0 aliphatic heterocycles. The summed E-state index contributed by atoms with van der Waals surface area (Å²) in [4.78, 5) is 35.3. The van der Waals surface area contributed by atoms with E-state index in [0.717, 1.165) is 0 Å². The van der Waals surface area contributed by atoms with Crippen molar-refractivity contribution in [3.8, 4) is 5.75 Å². The number of carbonyl (C=O) groups is 3. The van der Waals surface area contributed by atoms with E-state index in [1.54, 1.807) is 49.6 Å². The van der Waals surface area contributed by atoms with E-state index in [1.807, 2.05) is 0 Å². The lowest BCUT2D eigenvalue weighted by atomic mass is 10.2. The minimum Gasteiger partial charge on any atom is -0.427 e. The Morgan fingerprint density at radius 3 is 2.36 bits per heavy atom. The summed E-state index contributed by atoms with van der Waals surface area (Å²) < 4.78 is 15.0. The van der Waals surface area contributed by atoms with Crippen LogP contribution in [0.5, 0.6) is 5.75 Å². The van der Waals surface area contributed by atoms with Crippen molar-refractivity contribution in [3.05, 3.63) is 54.1 Å². The minimum absolute atomic E-state index is 0.0944. The van der Waals surface area contributed by atoms with E-state index >= 15 is 0 Å². The largest absolute Gasteiger partial charge is 0.427 e. The van der Waals surface area contributed by atoms with Gasteiger partial charge in [-0.25, -0.2) is 0 Å². The molecule has 0 heterocycles. The van der Waals surface area contributed by atoms with Crippen LogP contribution in [0.15, 0.2) is 48.5 Å². The molecule has 0 spiro atoms. The Bertz CT molecular complexity index is 837. The minimum atomic E-state index is -0.466. The second-order valence-electron chi connectivity index (χ2n) is 5.75. The van der Waals surface area contributed by atoms with Gasteiger partial charge in [-0.2, -0.15) is 0 Å². The molecule has 8 heteroatoms. The van der Waals surface area contributed by atoms with Crippen LogP contribution in [0.3, 0.4) is 0 Å². The van der Waals surface area contributed by atoms with Gasteiger partial charge in [-0.3, -0.25) is 14.4 Å². The lowest BCUT2D eigenvalue weighted by molar-refractivity contribution is -0.131. The molecule has 0 radical (unpaired) electrons. The van der Waals surface area contributed by atoms with Crippen molar-refractivity contribution in [1.29, 1.82) is 0 Å². The molecular weight excluding hydrogens is 364 g/mol. The maximum absolute atomic E-state index is 12.4. The number of esters is 1. The first-order chi connectivity index (χ1) is 13.5. The molecule has 28 heavy (non-hydrogen) atoms. The molecule has 0 saturated heterocycles. The van der Waals surface area contributed by atoms with Crippen LogP contribution in [0.4, 0.5) is 11.4 Å². The summed E-state index contributed by atoms with van der Waals surface area (Å²) in [6, 6.07) is 13.0. The summed E-state index contributed by atoms with van der Waals surface area (Å²) in [5.41, 5.74) is 1.35. The van der Waals surface area contributed by atoms with E-state index < -0.39 is 5.97 Å². The zero-order valence-corrected chi connectivity index (χ0v) is 15.7. The second-order valence-corrected chi connectivity index (χ2v) is 5.75. The van der Waals surface area contributed by atoms with Gasteiger partial charge < -0.3 is 24.8 Å². The second kappa shape index (κ2) is 10.8. The lowest BCUT2D eigenvalue weighted by Crippen LogP contribution is -2.19. The maximum atomic E-state index is 12.4. The number of methoxy groups -OCH3 is 1. The number of rotatable bonds is 9. The Hall–Kier alpha value is -3.23. The van der Waals surface area contributed by atoms with Crippen LogP contribution in [-0.2, 0) is 19.1 Å². The number of carbonyl (C=O) groups excluding carboxylic acids is 3. The highest BCUT2D eigenvalue weighted by molar-refractivity contribution is 6.05. The standard InChI is InChI=1S/C20H22N2O6/c1-14(23)28-18-8-3-5-15(11-18)20(25)22-17-7-4-6-16(12-17)21-19(24)13-27-10-9-26-2/h3-8,11-12H,9-10,13H2,1-2H3,(H,21,24)(H,22,25). The van der Waals surface area contributed by atoms with Gasteiger partial charge in [0, 0.05) is 31.0 Å². The van der Waals surface area contributed by atoms with Crippen LogP contribution in [0.2, 0.25) is 0 Å². The summed E-state index contributed by atoms with van der Waals surface area (Å²) in [7, 11) is 1.55. The highest BCUT2D eigenvalue weighted by atomic mass is 16.5. The van der Waals surface area contributed by atoms with Crippen molar-refractivity contribution in [2.24, 2.45) is 0 Å². The Morgan fingerprint density at radius 1 is 0.929 bits per heavy atom. The van der Waals surface area contributed by atoms with Gasteiger partial charge in [0.25, 0.3) is 5.91 Å². The topological polar surface area (TPSA) is 103 Å². The maximum Gasteiger partial charge on any atom is 0.308 e. The zero-order chi connectivity index (χ0) is 20.4. The number of anilines is 2. The predicted octanol–water partition coefficient (Wildman–Crippen LogP) is 2.47. The van der Waals surface area contributed by atoms with Gasteiger partial charge in [0.05, 0.1) is 13.2 Å². The van der Waals surface area contributed by atoms with Crippen LogP contribution >= 0.6 is 0 Å². The zero-order valence-electron chi connectivity index (χ0n) is 15.7. The van der Waals surface area contributed by atoms with Gasteiger partial charge in [-0.1, -0.05) is 12.1 Å². The molecule has 0 aromatic heterocycles. The molecule has 0 unspecified atom stereocenters. The highest BCUT2D eigenvalue weighted by Gasteiger charge is 2.09. The molecule has 2 N–H and O–H groups in total. The molecule has 0 atom stereocenters. The number of hydrogen-bond donors (Lipinski definition) is 2. The van der Waals surface area contributed by atoms with Crippen molar-refractivity contribution >= 4 is 29.2 Å². The number of hydrogen-bond acceptors (Lipinski definition) is 6. The van der Waals surface area contributed by atoms with Gasteiger partial charge in [0.1, 0.15) is 12.4 Å². The first-order valence-electron chi connectivity index (χ1n) is 8.54. The summed E-state index contributed by atoms with van der Waals surface area (Å²) >= 11 is 0. The highest BCUT2D eigenvalue weighted by Crippen LogP contribution is 2.18. The van der Waals surface area contributed by atoms with Gasteiger partial charge in [0.15, 0.2) is 0 Å². The van der Waals surface area contributed by atoms with Crippen LogP contribution in [-0.4, -0.2) is 44.7 Å². The molecule has 2 rings (SSSR count). The fraction of sp³-hybridized carbons (Fsp3) is 0.250. The van der Waals surface area contributed by atoms with E-state index in [4.69, 9.17) is 14.2 Å². The summed E-state index contributed by atoms with van der Waals surface area (Å²) in [5.74, 6) is -0.865. The van der Waals surface area contributed by atoms with E-state index in [0.29, 0.717) is 30.2 Å². The van der Waals surface area contributed by atoms with Crippen LogP contribution in [0.25, 0.3) is 0 Å². The van der Waals surface area contributed by atoms with E-state index in [1.165, 1.54) is 13.0 Å². The first-order valence-corrected chi connectivity index (χ1v) is 8.54. The van der Waals surface area contributed by atoms with Crippen LogP contribution < -0.4 is 15.4 Å². The average Bonchev–Trinajstić information content (AvgIpc) is 2.65. The normalized spacial score (nSPS) is 10.2. The molecule has 8 nitrogen and oxygen atoms in total. The fourth-order valence-electron chi connectivity index (χ4n) is 2.25. The third-order valence-electron chi connectivity index (χ3n) is 3.43. The van der Waals surface area contributed by atoms with Crippen molar-refractivity contribution in [1.82, 2.24) is 0 Å². The molecule has 148 valence electrons. The van der Waals surface area contributed by atoms with E-state index in [2.05, 4.69) is 10.6 Å². The Morgan fingerprint density at radius 2 is 1.64 bits per heavy atom. The van der Waals surface area contributed by atoms with Crippen molar-refractivity contribution in [2.45, 2.75) is 6.92 Å². The Kier molecular flexibility index (Phi) is 8.13. The first kappa shape index (κ1) is 21.1. The Balaban J connectivity index is 1.95. The molecule has 0 saturated carbocycles. The summed E-state index contributed by atoms with van der Waals surface area (Å²) in [5, 5.41) is 5.42. The molecule has 0 aliphatic carbocycles. The molecule has 0 fully saturated rings. The smallest absolute Gasteiger partial charge is 0.308 e.